The van der Waals surface area contributed by atoms with Gasteiger partial charge in [-0.1, -0.05) is 27.7 Å². The number of hydrogen-bond donors (Lipinski definition) is 0. The van der Waals surface area contributed by atoms with Crippen LogP contribution in [0.3, 0.4) is 0 Å². The molecule has 0 unspecified atom stereocenters. The second-order valence-corrected chi connectivity index (χ2v) is 2.57. The largest absolute Gasteiger partial charge is 0.423 e. The summed E-state index contributed by atoms with van der Waals surface area (Å²) in [6.07, 6.45) is 1.77. The molecule has 15 heavy (non-hydrogen) atoms. The highest BCUT2D eigenvalue weighted by molar-refractivity contribution is 5.68. The highest BCUT2D eigenvalue weighted by Crippen LogP contribution is 2.12. The van der Waals surface area contributed by atoms with Gasteiger partial charge in [0.1, 0.15) is 5.52 Å². The van der Waals surface area contributed by atoms with Gasteiger partial charge in [0.15, 0.2) is 5.89 Å². The maximum Gasteiger partial charge on any atom is 0.246 e. The lowest BCUT2D eigenvalue weighted by Gasteiger charge is -1.86. The molecular formula is C12H20N2O. The van der Waals surface area contributed by atoms with Crippen molar-refractivity contribution in [2.24, 2.45) is 0 Å². The van der Waals surface area contributed by atoms with Crippen LogP contribution in [0.1, 0.15) is 39.1 Å². The highest BCUT2D eigenvalue weighted by atomic mass is 16.4. The number of aryl methyl sites for hydroxylation is 2. The van der Waals surface area contributed by atoms with E-state index in [1.807, 2.05) is 47.6 Å². The third-order valence-electron chi connectivity index (χ3n) is 1.49. The predicted octanol–water partition coefficient (Wildman–Crippen LogP) is 3.89. The summed E-state index contributed by atoms with van der Waals surface area (Å²) in [5, 5.41) is 0. The molecule has 0 aromatic carbocycles. The fourth-order valence-electron chi connectivity index (χ4n) is 1.03. The van der Waals surface area contributed by atoms with E-state index in [1.165, 1.54) is 0 Å². The van der Waals surface area contributed by atoms with Crippen molar-refractivity contribution in [3.63, 3.8) is 0 Å². The third-order valence-corrected chi connectivity index (χ3v) is 1.49. The van der Waals surface area contributed by atoms with Gasteiger partial charge in [-0.2, -0.15) is 0 Å². The summed E-state index contributed by atoms with van der Waals surface area (Å²) >= 11 is 0. The summed E-state index contributed by atoms with van der Waals surface area (Å²) in [5.74, 6) is 0.665. The number of hydrogen-bond acceptors (Lipinski definition) is 3. The van der Waals surface area contributed by atoms with Gasteiger partial charge in [-0.3, -0.25) is 0 Å². The van der Waals surface area contributed by atoms with Gasteiger partial charge < -0.3 is 4.42 Å². The maximum absolute atomic E-state index is 5.20. The molecule has 0 amide bonds. The third kappa shape index (κ3) is 3.70. The summed E-state index contributed by atoms with van der Waals surface area (Å²) in [6, 6.07) is 1.96. The van der Waals surface area contributed by atoms with Crippen LogP contribution < -0.4 is 0 Å². The summed E-state index contributed by atoms with van der Waals surface area (Å²) in [5.41, 5.74) is 2.56. The zero-order chi connectivity index (χ0) is 11.8. The van der Waals surface area contributed by atoms with Crippen molar-refractivity contribution < 1.29 is 4.42 Å². The molecule has 84 valence electrons. The van der Waals surface area contributed by atoms with Crippen LogP contribution >= 0.6 is 0 Å². The first-order valence-electron chi connectivity index (χ1n) is 5.45. The summed E-state index contributed by atoms with van der Waals surface area (Å²) < 4.78 is 5.20. The van der Waals surface area contributed by atoms with Crippen LogP contribution in [0.15, 0.2) is 16.7 Å². The maximum atomic E-state index is 5.20. The van der Waals surface area contributed by atoms with Gasteiger partial charge in [-0.25, -0.2) is 9.97 Å². The molecule has 2 aromatic rings. The normalized spacial score (nSPS) is 8.67. The van der Waals surface area contributed by atoms with Crippen molar-refractivity contribution in [2.45, 2.75) is 41.5 Å². The Labute approximate surface area is 91.5 Å². The number of rotatable bonds is 0. The van der Waals surface area contributed by atoms with Crippen molar-refractivity contribution in [1.29, 1.82) is 0 Å². The molecule has 0 N–H and O–H groups in total. The Morgan fingerprint density at radius 3 is 2.27 bits per heavy atom. The molecule has 0 spiro atoms. The van der Waals surface area contributed by atoms with Crippen molar-refractivity contribution in [1.82, 2.24) is 9.97 Å². The van der Waals surface area contributed by atoms with Gasteiger partial charge in [-0.15, -0.1) is 0 Å². The van der Waals surface area contributed by atoms with Crippen LogP contribution in [-0.4, -0.2) is 9.97 Å². The number of oxazole rings is 1. The molecular weight excluding hydrogens is 188 g/mol. The number of pyridine rings is 1. The minimum atomic E-state index is 0.619. The van der Waals surface area contributed by atoms with Gasteiger partial charge in [0, 0.05) is 13.1 Å². The first-order chi connectivity index (χ1) is 7.25. The van der Waals surface area contributed by atoms with Gasteiger partial charge in [0.25, 0.3) is 0 Å². The number of nitrogens with zero attached hydrogens (tertiary/aromatic N) is 2. The number of fused-ring (bicyclic) bond motifs is 1. The Morgan fingerprint density at radius 1 is 1.07 bits per heavy atom. The Balaban J connectivity index is 0.000000442. The van der Waals surface area contributed by atoms with Crippen LogP contribution in [0, 0.1) is 13.8 Å². The highest BCUT2D eigenvalue weighted by Gasteiger charge is 2.01. The number of aromatic nitrogens is 2. The monoisotopic (exact) mass is 208 g/mol. The Morgan fingerprint density at radius 2 is 1.67 bits per heavy atom. The van der Waals surface area contributed by atoms with Crippen LogP contribution in [-0.2, 0) is 0 Å². The van der Waals surface area contributed by atoms with Crippen molar-refractivity contribution in [2.75, 3.05) is 0 Å². The van der Waals surface area contributed by atoms with Gasteiger partial charge in [0.2, 0.25) is 5.71 Å². The molecule has 0 bridgehead atoms. The molecule has 0 atom stereocenters. The van der Waals surface area contributed by atoms with E-state index in [2.05, 4.69) is 9.97 Å². The summed E-state index contributed by atoms with van der Waals surface area (Å²) in [4.78, 5) is 8.22. The molecule has 0 radical (unpaired) electrons. The van der Waals surface area contributed by atoms with Crippen molar-refractivity contribution in [3.8, 4) is 0 Å². The minimum Gasteiger partial charge on any atom is -0.423 e. The van der Waals surface area contributed by atoms with E-state index in [4.69, 9.17) is 4.42 Å². The van der Waals surface area contributed by atoms with Gasteiger partial charge in [0.05, 0.1) is 0 Å². The molecule has 0 saturated carbocycles. The fourth-order valence-corrected chi connectivity index (χ4v) is 1.03. The molecule has 0 aliphatic heterocycles. The lowest BCUT2D eigenvalue weighted by Crippen LogP contribution is -1.76. The zero-order valence-corrected chi connectivity index (χ0v) is 10.5. The molecule has 2 rings (SSSR count). The zero-order valence-electron chi connectivity index (χ0n) is 10.5. The SMILES string of the molecule is CC.CC.Cc1cnc2oc(C)nc2c1. The summed E-state index contributed by atoms with van der Waals surface area (Å²) in [6.45, 7) is 11.8. The van der Waals surface area contributed by atoms with E-state index in [9.17, 15) is 0 Å². The predicted molar refractivity (Wildman–Crippen MR) is 64.0 cm³/mol. The molecule has 2 heterocycles. The molecule has 3 nitrogen and oxygen atoms in total. The molecule has 0 fully saturated rings. The van der Waals surface area contributed by atoms with Crippen molar-refractivity contribution in [3.05, 3.63) is 23.7 Å². The van der Waals surface area contributed by atoms with Crippen LogP contribution in [0.5, 0.6) is 0 Å². The minimum absolute atomic E-state index is 0.619. The van der Waals surface area contributed by atoms with E-state index >= 15 is 0 Å². The van der Waals surface area contributed by atoms with E-state index in [-0.39, 0.29) is 0 Å². The van der Waals surface area contributed by atoms with Crippen LogP contribution in [0.4, 0.5) is 0 Å². The van der Waals surface area contributed by atoms with E-state index in [0.29, 0.717) is 11.6 Å². The average molecular weight is 208 g/mol. The van der Waals surface area contributed by atoms with Gasteiger partial charge in [-0.05, 0) is 18.6 Å². The van der Waals surface area contributed by atoms with Crippen LogP contribution in [0.25, 0.3) is 11.2 Å². The van der Waals surface area contributed by atoms with Crippen LogP contribution in [0.2, 0.25) is 0 Å². The first-order valence-corrected chi connectivity index (χ1v) is 5.45. The molecule has 0 aliphatic rings. The smallest absolute Gasteiger partial charge is 0.246 e. The van der Waals surface area contributed by atoms with E-state index < -0.39 is 0 Å². The quantitative estimate of drug-likeness (QED) is 0.659. The lowest BCUT2D eigenvalue weighted by molar-refractivity contribution is 0.551. The van der Waals surface area contributed by atoms with E-state index in [1.54, 1.807) is 6.20 Å². The Hall–Kier alpha value is -1.38. The Bertz CT molecular complexity index is 393. The molecule has 3 heteroatoms. The first kappa shape index (κ1) is 13.6. The second kappa shape index (κ2) is 6.98. The Kier molecular flexibility index (Phi) is 6.34. The standard InChI is InChI=1S/C8H8N2O.2C2H6/c1-5-3-7-8(9-4-5)11-6(2)10-7;2*1-2/h3-4H,1-2H3;2*1-2H3. The molecule has 2 aromatic heterocycles. The lowest BCUT2D eigenvalue weighted by atomic mass is 10.3. The van der Waals surface area contributed by atoms with E-state index in [0.717, 1.165) is 11.1 Å². The second-order valence-electron chi connectivity index (χ2n) is 2.57. The molecule has 0 saturated heterocycles. The summed E-state index contributed by atoms with van der Waals surface area (Å²) in [7, 11) is 0. The fraction of sp³-hybridized carbons (Fsp3) is 0.500. The van der Waals surface area contributed by atoms with Gasteiger partial charge >= 0.3 is 0 Å². The average Bonchev–Trinajstić information content (AvgIpc) is 2.63. The molecule has 0 aliphatic carbocycles. The van der Waals surface area contributed by atoms with Crippen molar-refractivity contribution >= 4 is 11.2 Å². The topological polar surface area (TPSA) is 38.9 Å².